The molecule has 1 aliphatic rings. The first kappa shape index (κ1) is 20.7. The Morgan fingerprint density at radius 3 is 2.91 bits per heavy atom. The average Bonchev–Trinajstić information content (AvgIpc) is 3.60. The topological polar surface area (TPSA) is 122 Å². The number of anilines is 1. The predicted octanol–water partition coefficient (Wildman–Crippen LogP) is 2.85. The minimum atomic E-state index is -0.182. The van der Waals surface area contributed by atoms with Crippen molar-refractivity contribution >= 4 is 11.7 Å². The lowest BCUT2D eigenvalue weighted by molar-refractivity contribution is 0.0935. The maximum absolute atomic E-state index is 12.8. The first-order chi connectivity index (χ1) is 16.1. The number of hydrogen-bond donors (Lipinski definition) is 2. The van der Waals surface area contributed by atoms with E-state index in [1.165, 1.54) is 0 Å². The lowest BCUT2D eigenvalue weighted by atomic mass is 10.1. The average molecular weight is 445 g/mol. The van der Waals surface area contributed by atoms with E-state index in [1.54, 1.807) is 26.3 Å². The first-order valence-electron chi connectivity index (χ1n) is 10.6. The molecule has 0 spiro atoms. The van der Waals surface area contributed by atoms with Crippen LogP contribution in [-0.4, -0.2) is 57.5 Å². The molecule has 1 aliphatic heterocycles. The number of rotatable bonds is 6. The van der Waals surface area contributed by atoms with Gasteiger partial charge in [-0.15, -0.1) is 0 Å². The van der Waals surface area contributed by atoms with Crippen LogP contribution in [0.25, 0.3) is 22.7 Å². The molecule has 168 valence electrons. The Kier molecular flexibility index (Phi) is 5.47. The molecule has 0 bridgehead atoms. The molecule has 0 unspecified atom stereocenters. The number of nitrogens with zero attached hydrogens (tertiary/aromatic N) is 5. The molecule has 10 heteroatoms. The largest absolute Gasteiger partial charge is 0.497 e. The summed E-state index contributed by atoms with van der Waals surface area (Å²) >= 11 is 0. The van der Waals surface area contributed by atoms with Gasteiger partial charge in [0.15, 0.2) is 5.82 Å². The zero-order valence-corrected chi connectivity index (χ0v) is 18.3. The number of aromatic nitrogens is 5. The monoisotopic (exact) mass is 445 g/mol. The molecule has 0 saturated carbocycles. The number of aryl methyl sites for hydroxylation is 1. The number of methoxy groups -OCH3 is 1. The number of ether oxygens (including phenoxy) is 1. The summed E-state index contributed by atoms with van der Waals surface area (Å²) in [5.74, 6) is 2.43. The fraction of sp³-hybridized carbons (Fsp3) is 0.261. The van der Waals surface area contributed by atoms with Gasteiger partial charge in [0.25, 0.3) is 11.8 Å². The number of aromatic amines is 1. The smallest absolute Gasteiger partial charge is 0.269 e. The number of H-pyrrole nitrogens is 1. The van der Waals surface area contributed by atoms with Crippen molar-refractivity contribution in [3.63, 3.8) is 0 Å². The van der Waals surface area contributed by atoms with Gasteiger partial charge in [-0.3, -0.25) is 9.89 Å². The number of carbonyl (C=O) groups is 1. The lowest BCUT2D eigenvalue weighted by Gasteiger charge is -2.17. The van der Waals surface area contributed by atoms with Gasteiger partial charge in [0, 0.05) is 30.9 Å². The standard InChI is InChI=1S/C23H23N7O3/c1-14-25-23(33-29-14)16-6-7-21(24-12-16)30-9-8-17(13-30)26-22(31)20-11-19(27-28-20)15-4-3-5-18(10-15)32-2/h3-7,10-12,17H,8-9,13H2,1-2H3,(H,26,31)(H,27,28)/t17-/m1/s1. The highest BCUT2D eigenvalue weighted by Gasteiger charge is 2.26. The van der Waals surface area contributed by atoms with Crippen molar-refractivity contribution in [3.05, 3.63) is 60.2 Å². The minimum Gasteiger partial charge on any atom is -0.497 e. The molecule has 0 aliphatic carbocycles. The predicted molar refractivity (Wildman–Crippen MR) is 121 cm³/mol. The summed E-state index contributed by atoms with van der Waals surface area (Å²) in [6, 6.07) is 13.2. The van der Waals surface area contributed by atoms with Crippen LogP contribution in [0.2, 0.25) is 0 Å². The highest BCUT2D eigenvalue weighted by molar-refractivity contribution is 5.93. The van der Waals surface area contributed by atoms with Gasteiger partial charge in [0.2, 0.25) is 0 Å². The van der Waals surface area contributed by atoms with Crippen LogP contribution in [0.1, 0.15) is 22.7 Å². The number of pyridine rings is 1. The van der Waals surface area contributed by atoms with Crippen molar-refractivity contribution in [2.75, 3.05) is 25.1 Å². The molecule has 1 saturated heterocycles. The molecule has 4 aromatic rings. The van der Waals surface area contributed by atoms with E-state index in [-0.39, 0.29) is 11.9 Å². The second kappa shape index (κ2) is 8.73. The van der Waals surface area contributed by atoms with E-state index in [2.05, 4.69) is 35.5 Å². The van der Waals surface area contributed by atoms with Gasteiger partial charge < -0.3 is 19.5 Å². The maximum atomic E-state index is 12.8. The lowest BCUT2D eigenvalue weighted by Crippen LogP contribution is -2.37. The van der Waals surface area contributed by atoms with Crippen LogP contribution in [0, 0.1) is 6.92 Å². The Hall–Kier alpha value is -4.21. The number of carbonyl (C=O) groups excluding carboxylic acids is 1. The molecule has 33 heavy (non-hydrogen) atoms. The van der Waals surface area contributed by atoms with Gasteiger partial charge in [-0.05, 0) is 43.7 Å². The maximum Gasteiger partial charge on any atom is 0.269 e. The van der Waals surface area contributed by atoms with Gasteiger partial charge >= 0.3 is 0 Å². The molecule has 10 nitrogen and oxygen atoms in total. The van der Waals surface area contributed by atoms with Crippen molar-refractivity contribution in [1.29, 1.82) is 0 Å². The highest BCUT2D eigenvalue weighted by Crippen LogP contribution is 2.24. The Labute approximate surface area is 190 Å². The normalized spacial score (nSPS) is 15.6. The van der Waals surface area contributed by atoms with Gasteiger partial charge in [0.05, 0.1) is 18.4 Å². The second-order valence-electron chi connectivity index (χ2n) is 7.86. The molecule has 1 atom stereocenters. The molecule has 5 rings (SSSR count). The molecular formula is C23H23N7O3. The van der Waals surface area contributed by atoms with Gasteiger partial charge in [-0.2, -0.15) is 10.1 Å². The fourth-order valence-corrected chi connectivity index (χ4v) is 3.83. The van der Waals surface area contributed by atoms with Crippen LogP contribution in [0.15, 0.2) is 53.2 Å². The Morgan fingerprint density at radius 1 is 1.24 bits per heavy atom. The zero-order chi connectivity index (χ0) is 22.8. The summed E-state index contributed by atoms with van der Waals surface area (Å²) in [7, 11) is 1.62. The van der Waals surface area contributed by atoms with Crippen LogP contribution in [-0.2, 0) is 0 Å². The van der Waals surface area contributed by atoms with Gasteiger partial charge in [0.1, 0.15) is 17.3 Å². The van der Waals surface area contributed by atoms with Gasteiger partial charge in [-0.1, -0.05) is 17.3 Å². The molecule has 1 fully saturated rings. The van der Waals surface area contributed by atoms with E-state index < -0.39 is 0 Å². The molecule has 3 aromatic heterocycles. The SMILES string of the molecule is COc1cccc(-c2cc(C(=O)N[C@@H]3CCN(c4ccc(-c5nc(C)no5)cn4)C3)[nH]n2)c1. The second-order valence-corrected chi connectivity index (χ2v) is 7.86. The molecule has 1 aromatic carbocycles. The van der Waals surface area contributed by atoms with Crippen molar-refractivity contribution in [3.8, 4) is 28.5 Å². The third-order valence-electron chi connectivity index (χ3n) is 5.56. The van der Waals surface area contributed by atoms with E-state index in [0.29, 0.717) is 29.6 Å². The van der Waals surface area contributed by atoms with Crippen molar-refractivity contribution in [2.45, 2.75) is 19.4 Å². The Balaban J connectivity index is 1.20. The van der Waals surface area contributed by atoms with Crippen LogP contribution in [0.5, 0.6) is 5.75 Å². The number of benzene rings is 1. The van der Waals surface area contributed by atoms with Gasteiger partial charge in [-0.25, -0.2) is 4.98 Å². The van der Waals surface area contributed by atoms with E-state index >= 15 is 0 Å². The number of amides is 1. The third kappa shape index (κ3) is 4.40. The zero-order valence-electron chi connectivity index (χ0n) is 18.3. The molecule has 0 radical (unpaired) electrons. The van der Waals surface area contributed by atoms with Crippen molar-refractivity contribution in [1.82, 2.24) is 30.6 Å². The van der Waals surface area contributed by atoms with Crippen molar-refractivity contribution < 1.29 is 14.1 Å². The summed E-state index contributed by atoms with van der Waals surface area (Å²) in [6.07, 6.45) is 2.55. The first-order valence-corrected chi connectivity index (χ1v) is 10.6. The summed E-state index contributed by atoms with van der Waals surface area (Å²) < 4.78 is 10.4. The molecule has 2 N–H and O–H groups in total. The van der Waals surface area contributed by atoms with E-state index in [1.807, 2.05) is 36.4 Å². The van der Waals surface area contributed by atoms with E-state index in [4.69, 9.17) is 9.26 Å². The third-order valence-corrected chi connectivity index (χ3v) is 5.56. The van der Waals surface area contributed by atoms with Crippen LogP contribution in [0.3, 0.4) is 0 Å². The highest BCUT2D eigenvalue weighted by atomic mass is 16.5. The molecular weight excluding hydrogens is 422 g/mol. The molecule has 1 amide bonds. The van der Waals surface area contributed by atoms with Crippen LogP contribution >= 0.6 is 0 Å². The fourth-order valence-electron chi connectivity index (χ4n) is 3.83. The Bertz CT molecular complexity index is 1270. The quantitative estimate of drug-likeness (QED) is 0.465. The Morgan fingerprint density at radius 2 is 2.15 bits per heavy atom. The van der Waals surface area contributed by atoms with Crippen LogP contribution < -0.4 is 15.0 Å². The van der Waals surface area contributed by atoms with Crippen molar-refractivity contribution in [2.24, 2.45) is 0 Å². The summed E-state index contributed by atoms with van der Waals surface area (Å²) in [5.41, 5.74) is 2.76. The summed E-state index contributed by atoms with van der Waals surface area (Å²) in [6.45, 7) is 3.25. The van der Waals surface area contributed by atoms with E-state index in [9.17, 15) is 4.79 Å². The number of nitrogens with one attached hydrogen (secondary N) is 2. The summed E-state index contributed by atoms with van der Waals surface area (Å²) in [4.78, 5) is 23.6. The number of hydrogen-bond acceptors (Lipinski definition) is 8. The minimum absolute atomic E-state index is 0.0149. The van der Waals surface area contributed by atoms with E-state index in [0.717, 1.165) is 35.7 Å². The molecule has 4 heterocycles. The van der Waals surface area contributed by atoms with Crippen LogP contribution in [0.4, 0.5) is 5.82 Å². The summed E-state index contributed by atoms with van der Waals surface area (Å²) in [5, 5.41) is 14.0.